The number of nitrogens with zero attached hydrogens (tertiary/aromatic N) is 1. The Bertz CT molecular complexity index is 432. The molecule has 4 heteroatoms. The molecule has 20 heavy (non-hydrogen) atoms. The summed E-state index contributed by atoms with van der Waals surface area (Å²) in [7, 11) is 1.92. The smallest absolute Gasteiger partial charge is 0.122 e. The fraction of sp³-hybridized carbons (Fsp3) is 0.625. The summed E-state index contributed by atoms with van der Waals surface area (Å²) in [6.07, 6.45) is 1.07. The number of likely N-dealkylation sites (N-methyl/N-ethyl adjacent to an activating group) is 1. The van der Waals surface area contributed by atoms with Crippen molar-refractivity contribution in [3.8, 4) is 5.75 Å². The first-order valence-corrected chi connectivity index (χ1v) is 7.24. The lowest BCUT2D eigenvalue weighted by molar-refractivity contribution is 0.216. The Morgan fingerprint density at radius 2 is 2.00 bits per heavy atom. The molecule has 3 N–H and O–H groups in total. The highest BCUT2D eigenvalue weighted by atomic mass is 16.3. The Kier molecular flexibility index (Phi) is 5.84. The second-order valence-electron chi connectivity index (χ2n) is 5.95. The molecule has 0 saturated heterocycles. The van der Waals surface area contributed by atoms with Crippen LogP contribution in [0.25, 0.3) is 0 Å². The Morgan fingerprint density at radius 3 is 2.50 bits per heavy atom. The van der Waals surface area contributed by atoms with E-state index in [9.17, 15) is 10.2 Å². The first-order valence-electron chi connectivity index (χ1n) is 7.24. The third kappa shape index (κ3) is 3.87. The zero-order valence-electron chi connectivity index (χ0n) is 13.3. The van der Waals surface area contributed by atoms with Crippen molar-refractivity contribution in [3.05, 3.63) is 23.8 Å². The van der Waals surface area contributed by atoms with Gasteiger partial charge in [0.05, 0.1) is 12.1 Å². The lowest BCUT2D eigenvalue weighted by atomic mass is 10.0. The van der Waals surface area contributed by atoms with Gasteiger partial charge in [0.15, 0.2) is 0 Å². The first kappa shape index (κ1) is 16.8. The number of hydrogen-bond acceptors (Lipinski definition) is 4. The van der Waals surface area contributed by atoms with Crippen LogP contribution >= 0.6 is 0 Å². The van der Waals surface area contributed by atoms with Crippen LogP contribution in [0.1, 0.15) is 45.7 Å². The second-order valence-corrected chi connectivity index (χ2v) is 5.95. The van der Waals surface area contributed by atoms with Gasteiger partial charge in [-0.25, -0.2) is 0 Å². The number of phenolic OH excluding ortho intramolecular Hbond substituents is 1. The van der Waals surface area contributed by atoms with Gasteiger partial charge in [-0.3, -0.25) is 0 Å². The van der Waals surface area contributed by atoms with E-state index >= 15 is 0 Å². The monoisotopic (exact) mass is 280 g/mol. The minimum absolute atomic E-state index is 0.0560. The predicted octanol–water partition coefficient (Wildman–Crippen LogP) is 2.66. The molecule has 1 unspecified atom stereocenters. The highest BCUT2D eigenvalue weighted by Gasteiger charge is 2.23. The maximum absolute atomic E-state index is 10.2. The second kappa shape index (κ2) is 6.95. The van der Waals surface area contributed by atoms with Crippen LogP contribution in [0.15, 0.2) is 18.2 Å². The molecule has 0 aliphatic heterocycles. The van der Waals surface area contributed by atoms with Crippen LogP contribution in [0.5, 0.6) is 5.75 Å². The van der Waals surface area contributed by atoms with Crippen molar-refractivity contribution >= 4 is 5.69 Å². The van der Waals surface area contributed by atoms with E-state index in [1.54, 1.807) is 6.07 Å². The summed E-state index contributed by atoms with van der Waals surface area (Å²) in [5.41, 5.74) is 1.44. The molecule has 0 fully saturated rings. The number of rotatable bonds is 7. The lowest BCUT2D eigenvalue weighted by Crippen LogP contribution is -2.44. The molecule has 0 radical (unpaired) electrons. The van der Waals surface area contributed by atoms with Crippen LogP contribution in [-0.4, -0.2) is 36.0 Å². The van der Waals surface area contributed by atoms with Gasteiger partial charge in [0.25, 0.3) is 0 Å². The third-order valence-corrected chi connectivity index (χ3v) is 3.86. The van der Waals surface area contributed by atoms with Crippen LogP contribution in [-0.2, 0) is 0 Å². The van der Waals surface area contributed by atoms with Crippen molar-refractivity contribution in [3.63, 3.8) is 0 Å². The van der Waals surface area contributed by atoms with Crippen LogP contribution < -0.4 is 10.2 Å². The molecule has 0 bridgehead atoms. The minimum Gasteiger partial charge on any atom is -0.508 e. The fourth-order valence-corrected chi connectivity index (χ4v) is 2.03. The minimum atomic E-state index is -0.361. The van der Waals surface area contributed by atoms with Crippen molar-refractivity contribution in [1.82, 2.24) is 5.32 Å². The average Bonchev–Trinajstić information content (AvgIpc) is 2.43. The summed E-state index contributed by atoms with van der Waals surface area (Å²) >= 11 is 0. The van der Waals surface area contributed by atoms with Crippen LogP contribution in [0, 0.1) is 0 Å². The number of hydrogen-bond donors (Lipinski definition) is 3. The van der Waals surface area contributed by atoms with Gasteiger partial charge in [0.2, 0.25) is 0 Å². The Labute approximate surface area is 122 Å². The molecule has 0 heterocycles. The molecule has 4 nitrogen and oxygen atoms in total. The van der Waals surface area contributed by atoms with Gasteiger partial charge in [-0.05, 0) is 39.8 Å². The number of anilines is 1. The highest BCUT2D eigenvalue weighted by Crippen LogP contribution is 2.31. The molecule has 1 aromatic carbocycles. The van der Waals surface area contributed by atoms with Gasteiger partial charge >= 0.3 is 0 Å². The topological polar surface area (TPSA) is 55.7 Å². The van der Waals surface area contributed by atoms with Crippen molar-refractivity contribution in [2.24, 2.45) is 0 Å². The third-order valence-electron chi connectivity index (χ3n) is 3.86. The van der Waals surface area contributed by atoms with Crippen LogP contribution in [0.3, 0.4) is 0 Å². The molecular formula is C16H28N2O2. The molecule has 1 rings (SSSR count). The zero-order valence-corrected chi connectivity index (χ0v) is 13.3. The van der Waals surface area contributed by atoms with Crippen molar-refractivity contribution in [2.45, 2.75) is 45.7 Å². The van der Waals surface area contributed by atoms with Crippen LogP contribution in [0.4, 0.5) is 5.69 Å². The van der Waals surface area contributed by atoms with Gasteiger partial charge in [0.1, 0.15) is 5.75 Å². The van der Waals surface area contributed by atoms with E-state index in [-0.39, 0.29) is 18.2 Å². The summed E-state index contributed by atoms with van der Waals surface area (Å²) in [6, 6.07) is 5.82. The predicted molar refractivity (Wildman–Crippen MR) is 84.4 cm³/mol. The number of phenols is 1. The van der Waals surface area contributed by atoms with Crippen molar-refractivity contribution in [1.29, 1.82) is 0 Å². The van der Waals surface area contributed by atoms with Gasteiger partial charge in [-0.1, -0.05) is 13.0 Å². The number of benzene rings is 1. The molecule has 0 saturated carbocycles. The van der Waals surface area contributed by atoms with Gasteiger partial charge in [-0.2, -0.15) is 0 Å². The largest absolute Gasteiger partial charge is 0.508 e. The standard InChI is InChI=1S/C16H28N2O2/c1-6-9-17-12(2)14-8-7-13(10-15(14)20)18(5)16(3,4)11-19/h7-8,10,12,17,19-20H,6,9,11H2,1-5H3. The van der Waals surface area contributed by atoms with E-state index in [2.05, 4.69) is 12.2 Å². The molecule has 0 aliphatic carbocycles. The summed E-state index contributed by atoms with van der Waals surface area (Å²) in [5, 5.41) is 23.0. The Morgan fingerprint density at radius 1 is 1.35 bits per heavy atom. The van der Waals surface area contributed by atoms with E-state index in [1.807, 2.05) is 44.9 Å². The lowest BCUT2D eigenvalue weighted by Gasteiger charge is -2.36. The molecule has 0 aliphatic rings. The fourth-order valence-electron chi connectivity index (χ4n) is 2.03. The Hall–Kier alpha value is -1.26. The molecular weight excluding hydrogens is 252 g/mol. The molecule has 0 aromatic heterocycles. The summed E-state index contributed by atoms with van der Waals surface area (Å²) < 4.78 is 0. The normalized spacial score (nSPS) is 13.3. The highest BCUT2D eigenvalue weighted by molar-refractivity contribution is 5.55. The quantitative estimate of drug-likeness (QED) is 0.719. The van der Waals surface area contributed by atoms with E-state index in [0.29, 0.717) is 5.75 Å². The summed E-state index contributed by atoms with van der Waals surface area (Å²) in [4.78, 5) is 1.97. The van der Waals surface area contributed by atoms with E-state index in [4.69, 9.17) is 0 Å². The SMILES string of the molecule is CCCNC(C)c1ccc(N(C)C(C)(C)CO)cc1O. The van der Waals surface area contributed by atoms with E-state index in [1.165, 1.54) is 0 Å². The first-order chi connectivity index (χ1) is 9.33. The van der Waals surface area contributed by atoms with Gasteiger partial charge in [-0.15, -0.1) is 0 Å². The summed E-state index contributed by atoms with van der Waals surface area (Å²) in [5.74, 6) is 0.291. The van der Waals surface area contributed by atoms with Gasteiger partial charge in [0, 0.05) is 30.4 Å². The van der Waals surface area contributed by atoms with Crippen molar-refractivity contribution < 1.29 is 10.2 Å². The maximum Gasteiger partial charge on any atom is 0.122 e. The molecule has 114 valence electrons. The van der Waals surface area contributed by atoms with E-state index in [0.717, 1.165) is 24.2 Å². The molecule has 0 amide bonds. The van der Waals surface area contributed by atoms with Crippen molar-refractivity contribution in [2.75, 3.05) is 25.1 Å². The number of aromatic hydroxyl groups is 1. The van der Waals surface area contributed by atoms with Gasteiger partial charge < -0.3 is 20.4 Å². The van der Waals surface area contributed by atoms with E-state index < -0.39 is 0 Å². The number of aliphatic hydroxyl groups excluding tert-OH is 1. The molecule has 0 spiro atoms. The molecule has 1 aromatic rings. The summed E-state index contributed by atoms with van der Waals surface area (Å²) in [6.45, 7) is 9.08. The maximum atomic E-state index is 10.2. The average molecular weight is 280 g/mol. The zero-order chi connectivity index (χ0) is 15.3. The Balaban J connectivity index is 2.93. The molecule has 1 atom stereocenters. The number of nitrogens with one attached hydrogen (secondary N) is 1. The van der Waals surface area contributed by atoms with Crippen LogP contribution in [0.2, 0.25) is 0 Å². The number of aliphatic hydroxyl groups is 1.